The summed E-state index contributed by atoms with van der Waals surface area (Å²) in [5.74, 6) is -2.61. The van der Waals surface area contributed by atoms with Crippen LogP contribution in [0.5, 0.6) is 0 Å². The Kier molecular flexibility index (Phi) is 3.99. The highest BCUT2D eigenvalue weighted by Crippen LogP contribution is 2.17. The molecular formula is C13H15N3O4. The number of carbonyl (C=O) groups excluding carboxylic acids is 2. The van der Waals surface area contributed by atoms with Crippen LogP contribution in [0.15, 0.2) is 18.2 Å². The molecular weight excluding hydrogens is 262 g/mol. The minimum Gasteiger partial charge on any atom is -0.480 e. The smallest absolute Gasteiger partial charge is 0.326 e. The van der Waals surface area contributed by atoms with Crippen LogP contribution in [0.3, 0.4) is 0 Å². The maximum absolute atomic E-state index is 12.0. The van der Waals surface area contributed by atoms with Crippen LogP contribution >= 0.6 is 0 Å². The first kappa shape index (κ1) is 14.0. The van der Waals surface area contributed by atoms with E-state index in [4.69, 9.17) is 10.8 Å². The number of rotatable bonds is 5. The van der Waals surface area contributed by atoms with Crippen LogP contribution in [0.2, 0.25) is 0 Å². The molecule has 1 aromatic carbocycles. The van der Waals surface area contributed by atoms with E-state index in [1.54, 1.807) is 12.1 Å². The van der Waals surface area contributed by atoms with Gasteiger partial charge in [0.2, 0.25) is 5.91 Å². The third-order valence-corrected chi connectivity index (χ3v) is 3.11. The summed E-state index contributed by atoms with van der Waals surface area (Å²) in [6.45, 7) is 1.44. The molecule has 1 aliphatic rings. The van der Waals surface area contributed by atoms with Gasteiger partial charge in [-0.3, -0.25) is 9.59 Å². The van der Waals surface area contributed by atoms with Gasteiger partial charge in [-0.15, -0.1) is 0 Å². The van der Waals surface area contributed by atoms with E-state index in [1.165, 1.54) is 0 Å². The van der Waals surface area contributed by atoms with E-state index in [1.807, 2.05) is 6.07 Å². The molecule has 0 saturated heterocycles. The second-order valence-electron chi connectivity index (χ2n) is 4.62. The molecule has 106 valence electrons. The number of aliphatic carboxylic acids is 1. The molecule has 7 nitrogen and oxygen atoms in total. The lowest BCUT2D eigenvalue weighted by molar-refractivity contribution is -0.140. The third-order valence-electron chi connectivity index (χ3n) is 3.11. The SMILES string of the molecule is NC(=O)CC(NC(=O)c1ccc2c(c1)CNC2)C(=O)O. The van der Waals surface area contributed by atoms with E-state index in [9.17, 15) is 14.4 Å². The topological polar surface area (TPSA) is 122 Å². The van der Waals surface area contributed by atoms with Gasteiger partial charge in [-0.05, 0) is 23.3 Å². The van der Waals surface area contributed by atoms with Crippen molar-refractivity contribution in [2.24, 2.45) is 5.73 Å². The normalized spacial score (nSPS) is 14.4. The molecule has 1 aromatic rings. The number of carboxylic acids is 1. The highest BCUT2D eigenvalue weighted by molar-refractivity contribution is 5.97. The lowest BCUT2D eigenvalue weighted by Crippen LogP contribution is -2.43. The first-order valence-electron chi connectivity index (χ1n) is 6.12. The minimum atomic E-state index is -1.31. The Morgan fingerprint density at radius 3 is 2.65 bits per heavy atom. The van der Waals surface area contributed by atoms with Gasteiger partial charge in [-0.1, -0.05) is 6.07 Å². The second-order valence-corrected chi connectivity index (χ2v) is 4.62. The van der Waals surface area contributed by atoms with E-state index in [0.717, 1.165) is 17.7 Å². The standard InChI is InChI=1S/C13H15N3O4/c14-11(17)4-10(13(19)20)16-12(18)7-1-2-8-5-15-6-9(8)3-7/h1-3,10,15H,4-6H2,(H2,14,17)(H,16,18)(H,19,20). The third kappa shape index (κ3) is 3.12. The monoisotopic (exact) mass is 277 g/mol. The molecule has 0 spiro atoms. The Labute approximate surface area is 115 Å². The van der Waals surface area contributed by atoms with Crippen molar-refractivity contribution in [3.63, 3.8) is 0 Å². The second kappa shape index (κ2) is 5.70. The van der Waals surface area contributed by atoms with Gasteiger partial charge in [0.25, 0.3) is 5.91 Å². The quantitative estimate of drug-likeness (QED) is 0.569. The van der Waals surface area contributed by atoms with Gasteiger partial charge in [0.05, 0.1) is 6.42 Å². The van der Waals surface area contributed by atoms with E-state index in [-0.39, 0.29) is 0 Å². The van der Waals surface area contributed by atoms with E-state index in [0.29, 0.717) is 12.1 Å². The highest BCUT2D eigenvalue weighted by Gasteiger charge is 2.23. The maximum atomic E-state index is 12.0. The molecule has 1 aliphatic heterocycles. The van der Waals surface area contributed by atoms with Crippen molar-refractivity contribution >= 4 is 17.8 Å². The minimum absolute atomic E-state index is 0.364. The van der Waals surface area contributed by atoms with Crippen molar-refractivity contribution in [1.29, 1.82) is 0 Å². The van der Waals surface area contributed by atoms with Crippen LogP contribution in [0.4, 0.5) is 0 Å². The summed E-state index contributed by atoms with van der Waals surface area (Å²) in [7, 11) is 0. The van der Waals surface area contributed by atoms with E-state index < -0.39 is 30.2 Å². The number of nitrogens with two attached hydrogens (primary N) is 1. The molecule has 1 atom stereocenters. The molecule has 0 fully saturated rings. The van der Waals surface area contributed by atoms with Gasteiger partial charge < -0.3 is 21.5 Å². The van der Waals surface area contributed by atoms with Gasteiger partial charge in [-0.25, -0.2) is 4.79 Å². The Morgan fingerprint density at radius 1 is 1.30 bits per heavy atom. The van der Waals surface area contributed by atoms with E-state index >= 15 is 0 Å². The fourth-order valence-corrected chi connectivity index (χ4v) is 2.08. The summed E-state index contributed by atoms with van der Waals surface area (Å²) in [5, 5.41) is 14.4. The van der Waals surface area contributed by atoms with Gasteiger partial charge in [0.15, 0.2) is 0 Å². The zero-order chi connectivity index (χ0) is 14.7. The molecule has 2 rings (SSSR count). The largest absolute Gasteiger partial charge is 0.480 e. The van der Waals surface area contributed by atoms with Crippen LogP contribution < -0.4 is 16.4 Å². The Bertz CT molecular complexity index is 571. The zero-order valence-corrected chi connectivity index (χ0v) is 10.7. The van der Waals surface area contributed by atoms with Crippen molar-refractivity contribution in [1.82, 2.24) is 10.6 Å². The fraction of sp³-hybridized carbons (Fsp3) is 0.308. The molecule has 0 radical (unpaired) electrons. The molecule has 2 amide bonds. The summed E-state index contributed by atoms with van der Waals surface area (Å²) < 4.78 is 0. The van der Waals surface area contributed by atoms with Crippen LogP contribution in [0, 0.1) is 0 Å². The van der Waals surface area contributed by atoms with Gasteiger partial charge >= 0.3 is 5.97 Å². The zero-order valence-electron chi connectivity index (χ0n) is 10.7. The molecule has 0 aliphatic carbocycles. The Morgan fingerprint density at radius 2 is 2.00 bits per heavy atom. The predicted molar refractivity (Wildman–Crippen MR) is 69.7 cm³/mol. The molecule has 0 saturated carbocycles. The summed E-state index contributed by atoms with van der Waals surface area (Å²) in [6.07, 6.45) is -0.437. The molecule has 20 heavy (non-hydrogen) atoms. The summed E-state index contributed by atoms with van der Waals surface area (Å²) in [6, 6.07) is 3.86. The number of nitrogens with one attached hydrogen (secondary N) is 2. The number of carboxylic acid groups (broad SMARTS) is 1. The maximum Gasteiger partial charge on any atom is 0.326 e. The van der Waals surface area contributed by atoms with Crippen molar-refractivity contribution < 1.29 is 19.5 Å². The molecule has 1 heterocycles. The van der Waals surface area contributed by atoms with Crippen LogP contribution in [-0.2, 0) is 22.7 Å². The summed E-state index contributed by atoms with van der Waals surface area (Å²) in [5.41, 5.74) is 7.45. The number of amides is 2. The first-order chi connectivity index (χ1) is 9.47. The van der Waals surface area contributed by atoms with E-state index in [2.05, 4.69) is 10.6 Å². The molecule has 5 N–H and O–H groups in total. The lowest BCUT2D eigenvalue weighted by Gasteiger charge is -2.13. The van der Waals surface area contributed by atoms with Gasteiger partial charge in [0, 0.05) is 18.7 Å². The number of hydrogen-bond acceptors (Lipinski definition) is 4. The van der Waals surface area contributed by atoms with Crippen molar-refractivity contribution in [2.45, 2.75) is 25.6 Å². The Hall–Kier alpha value is -2.41. The number of carbonyl (C=O) groups is 3. The van der Waals surface area contributed by atoms with Crippen molar-refractivity contribution in [3.8, 4) is 0 Å². The van der Waals surface area contributed by atoms with Crippen LogP contribution in [-0.4, -0.2) is 28.9 Å². The van der Waals surface area contributed by atoms with Crippen LogP contribution in [0.25, 0.3) is 0 Å². The average molecular weight is 277 g/mol. The predicted octanol–water partition coefficient (Wildman–Crippen LogP) is -0.652. The number of primary amides is 1. The highest BCUT2D eigenvalue weighted by atomic mass is 16.4. The lowest BCUT2D eigenvalue weighted by atomic mass is 10.1. The fourth-order valence-electron chi connectivity index (χ4n) is 2.08. The molecule has 1 unspecified atom stereocenters. The summed E-state index contributed by atoms with van der Waals surface area (Å²) >= 11 is 0. The van der Waals surface area contributed by atoms with Crippen molar-refractivity contribution in [2.75, 3.05) is 0 Å². The number of hydrogen-bond donors (Lipinski definition) is 4. The summed E-state index contributed by atoms with van der Waals surface area (Å²) in [4.78, 5) is 33.7. The molecule has 0 bridgehead atoms. The molecule has 7 heteroatoms. The molecule has 0 aromatic heterocycles. The van der Waals surface area contributed by atoms with Gasteiger partial charge in [0.1, 0.15) is 6.04 Å². The first-order valence-corrected chi connectivity index (χ1v) is 6.12. The average Bonchev–Trinajstić information content (AvgIpc) is 2.84. The Balaban J connectivity index is 2.10. The number of fused-ring (bicyclic) bond motifs is 1. The van der Waals surface area contributed by atoms with Gasteiger partial charge in [-0.2, -0.15) is 0 Å². The number of benzene rings is 1. The van der Waals surface area contributed by atoms with Crippen LogP contribution in [0.1, 0.15) is 27.9 Å². The van der Waals surface area contributed by atoms with Crippen molar-refractivity contribution in [3.05, 3.63) is 34.9 Å².